The van der Waals surface area contributed by atoms with Crippen molar-refractivity contribution in [3.63, 3.8) is 0 Å². The van der Waals surface area contributed by atoms with E-state index in [-0.39, 0.29) is 25.1 Å². The number of esters is 4. The fourth-order valence-corrected chi connectivity index (χ4v) is 4.89. The van der Waals surface area contributed by atoms with Crippen molar-refractivity contribution >= 4 is 30.0 Å². The maximum atomic E-state index is 12.5. The number of benzene rings is 3. The Morgan fingerprint density at radius 1 is 0.686 bits per heavy atom. The van der Waals surface area contributed by atoms with E-state index in [0.717, 1.165) is 72.6 Å². The lowest BCUT2D eigenvalue weighted by molar-refractivity contribution is -0.139. The molecule has 0 amide bonds. The van der Waals surface area contributed by atoms with Gasteiger partial charge in [0.05, 0.1) is 32.0 Å². The van der Waals surface area contributed by atoms with Gasteiger partial charge >= 0.3 is 23.9 Å². The zero-order chi connectivity index (χ0) is 36.8. The molecule has 0 saturated carbocycles. The van der Waals surface area contributed by atoms with Crippen molar-refractivity contribution in [1.29, 1.82) is 0 Å². The van der Waals surface area contributed by atoms with Crippen LogP contribution in [-0.4, -0.2) is 50.3 Å². The lowest BCUT2D eigenvalue weighted by atomic mass is 10.0. The standard InChI is InChI=1S/C42H48O9/c1-5-39(43)48-27-12-10-8-7-9-11-26-47-38-23-13-33(29-32(38)4)14-24-41(45)51-37-21-19-35(20-22-37)34-15-17-36(18-16-34)42(46)49-28-25-31(3)30-50-40(44)6-2/h5-6,13-24,29,31H,1-2,7-12,25-28,30H2,3-4H3/b24-14+. The smallest absolute Gasteiger partial charge is 0.338 e. The molecule has 0 radical (unpaired) electrons. The summed E-state index contributed by atoms with van der Waals surface area (Å²) in [6.45, 7) is 12.2. The largest absolute Gasteiger partial charge is 0.493 e. The van der Waals surface area contributed by atoms with Crippen LogP contribution in [0.5, 0.6) is 11.5 Å². The molecule has 3 aromatic rings. The van der Waals surface area contributed by atoms with E-state index < -0.39 is 17.9 Å². The van der Waals surface area contributed by atoms with E-state index in [4.69, 9.17) is 23.7 Å². The van der Waals surface area contributed by atoms with E-state index in [1.165, 1.54) is 12.2 Å². The first-order valence-electron chi connectivity index (χ1n) is 17.3. The highest BCUT2D eigenvalue weighted by atomic mass is 16.5. The van der Waals surface area contributed by atoms with Crippen LogP contribution in [-0.2, 0) is 28.6 Å². The molecule has 0 aliphatic carbocycles. The average Bonchev–Trinajstić information content (AvgIpc) is 3.14. The SMILES string of the molecule is C=CC(=O)OCCCCCCCCOc1ccc(/C=C/C(=O)Oc2ccc(-c3ccc(C(=O)OCCC(C)COC(=O)C=C)cc3)cc2)cc1C. The molecule has 0 aromatic heterocycles. The summed E-state index contributed by atoms with van der Waals surface area (Å²) in [6, 6.07) is 20.0. The predicted octanol–water partition coefficient (Wildman–Crippen LogP) is 8.64. The van der Waals surface area contributed by atoms with E-state index in [2.05, 4.69) is 13.2 Å². The Morgan fingerprint density at radius 3 is 1.94 bits per heavy atom. The molecule has 51 heavy (non-hydrogen) atoms. The number of rotatable bonds is 22. The zero-order valence-corrected chi connectivity index (χ0v) is 29.6. The van der Waals surface area contributed by atoms with Crippen LogP contribution in [0.4, 0.5) is 0 Å². The summed E-state index contributed by atoms with van der Waals surface area (Å²) in [5, 5.41) is 0. The summed E-state index contributed by atoms with van der Waals surface area (Å²) in [6.07, 6.45) is 12.1. The minimum atomic E-state index is -0.492. The van der Waals surface area contributed by atoms with Gasteiger partial charge in [-0.25, -0.2) is 19.2 Å². The number of aryl methyl sites for hydroxylation is 1. The number of carbonyl (C=O) groups is 4. The van der Waals surface area contributed by atoms with E-state index in [9.17, 15) is 19.2 Å². The van der Waals surface area contributed by atoms with Gasteiger partial charge in [0.2, 0.25) is 0 Å². The van der Waals surface area contributed by atoms with Crippen molar-refractivity contribution < 1.29 is 42.9 Å². The van der Waals surface area contributed by atoms with Gasteiger partial charge in [-0.2, -0.15) is 0 Å². The summed E-state index contributed by atoms with van der Waals surface area (Å²) >= 11 is 0. The minimum absolute atomic E-state index is 0.0451. The number of unbranched alkanes of at least 4 members (excludes halogenated alkanes) is 5. The maximum absolute atomic E-state index is 12.5. The van der Waals surface area contributed by atoms with E-state index >= 15 is 0 Å². The number of hydrogen-bond acceptors (Lipinski definition) is 9. The van der Waals surface area contributed by atoms with Crippen LogP contribution in [0.1, 0.15) is 73.4 Å². The fraction of sp³-hybridized carbons (Fsp3) is 0.333. The highest BCUT2D eigenvalue weighted by Crippen LogP contribution is 2.24. The highest BCUT2D eigenvalue weighted by molar-refractivity contribution is 5.90. The van der Waals surface area contributed by atoms with Crippen LogP contribution in [0.15, 0.2) is 98.1 Å². The summed E-state index contributed by atoms with van der Waals surface area (Å²) in [4.78, 5) is 47.1. The van der Waals surface area contributed by atoms with Crippen LogP contribution in [0, 0.1) is 12.8 Å². The Kier molecular flexibility index (Phi) is 17.5. The van der Waals surface area contributed by atoms with Gasteiger partial charge in [-0.1, -0.05) is 76.1 Å². The molecule has 0 bridgehead atoms. The van der Waals surface area contributed by atoms with Crippen LogP contribution in [0.3, 0.4) is 0 Å². The molecule has 0 saturated heterocycles. The first-order valence-corrected chi connectivity index (χ1v) is 17.3. The molecule has 9 heteroatoms. The van der Waals surface area contributed by atoms with Gasteiger partial charge in [0.1, 0.15) is 11.5 Å². The third kappa shape index (κ3) is 15.3. The number of carbonyl (C=O) groups excluding carboxylic acids is 4. The molecule has 0 heterocycles. The topological polar surface area (TPSA) is 114 Å². The van der Waals surface area contributed by atoms with Crippen molar-refractivity contribution in [2.75, 3.05) is 26.4 Å². The van der Waals surface area contributed by atoms with Crippen LogP contribution in [0.2, 0.25) is 0 Å². The van der Waals surface area contributed by atoms with Crippen molar-refractivity contribution in [1.82, 2.24) is 0 Å². The van der Waals surface area contributed by atoms with E-state index in [0.29, 0.717) is 30.9 Å². The van der Waals surface area contributed by atoms with E-state index in [1.807, 2.05) is 56.3 Å². The van der Waals surface area contributed by atoms with Crippen molar-refractivity contribution in [3.8, 4) is 22.6 Å². The monoisotopic (exact) mass is 696 g/mol. The Balaban J connectivity index is 1.36. The van der Waals surface area contributed by atoms with Crippen LogP contribution >= 0.6 is 0 Å². The number of hydrogen-bond donors (Lipinski definition) is 0. The Labute approximate surface area is 300 Å². The van der Waals surface area contributed by atoms with Gasteiger partial charge in [-0.3, -0.25) is 0 Å². The molecule has 0 fully saturated rings. The van der Waals surface area contributed by atoms with Crippen LogP contribution in [0.25, 0.3) is 17.2 Å². The lowest BCUT2D eigenvalue weighted by Crippen LogP contribution is -2.14. The summed E-state index contributed by atoms with van der Waals surface area (Å²) < 4.78 is 26.8. The molecule has 1 unspecified atom stereocenters. The summed E-state index contributed by atoms with van der Waals surface area (Å²) in [7, 11) is 0. The zero-order valence-electron chi connectivity index (χ0n) is 29.6. The van der Waals surface area contributed by atoms with Crippen molar-refractivity contribution in [2.45, 2.75) is 58.8 Å². The molecule has 0 aliphatic heterocycles. The average molecular weight is 697 g/mol. The minimum Gasteiger partial charge on any atom is -0.493 e. The molecule has 270 valence electrons. The third-order valence-electron chi connectivity index (χ3n) is 7.87. The maximum Gasteiger partial charge on any atom is 0.338 e. The molecular formula is C42H48O9. The van der Waals surface area contributed by atoms with Gasteiger partial charge in [-0.05, 0) is 96.8 Å². The van der Waals surface area contributed by atoms with Crippen LogP contribution < -0.4 is 9.47 Å². The quantitative estimate of drug-likeness (QED) is 0.0335. The first-order chi connectivity index (χ1) is 24.7. The van der Waals surface area contributed by atoms with Gasteiger partial charge in [-0.15, -0.1) is 0 Å². The van der Waals surface area contributed by atoms with E-state index in [1.54, 1.807) is 30.3 Å². The lowest BCUT2D eigenvalue weighted by Gasteiger charge is -2.11. The summed E-state index contributed by atoms with van der Waals surface area (Å²) in [5.74, 6) is -0.486. The number of ether oxygens (including phenoxy) is 5. The second-order valence-electron chi connectivity index (χ2n) is 12.1. The van der Waals surface area contributed by atoms with Crippen molar-refractivity contribution in [2.24, 2.45) is 5.92 Å². The molecule has 3 aromatic carbocycles. The molecule has 3 rings (SSSR count). The van der Waals surface area contributed by atoms with Gasteiger partial charge in [0.25, 0.3) is 0 Å². The molecule has 0 N–H and O–H groups in total. The fourth-order valence-electron chi connectivity index (χ4n) is 4.89. The Morgan fingerprint density at radius 2 is 1.29 bits per heavy atom. The molecular weight excluding hydrogens is 648 g/mol. The predicted molar refractivity (Wildman–Crippen MR) is 197 cm³/mol. The second kappa shape index (κ2) is 22.3. The molecule has 1 atom stereocenters. The normalized spacial score (nSPS) is 11.3. The van der Waals surface area contributed by atoms with Crippen molar-refractivity contribution in [3.05, 3.63) is 115 Å². The van der Waals surface area contributed by atoms with Gasteiger partial charge in [0, 0.05) is 18.2 Å². The second-order valence-corrected chi connectivity index (χ2v) is 12.1. The summed E-state index contributed by atoms with van der Waals surface area (Å²) in [5.41, 5.74) is 4.06. The van der Waals surface area contributed by atoms with Gasteiger partial charge in [0.15, 0.2) is 0 Å². The molecule has 9 nitrogen and oxygen atoms in total. The Bertz CT molecular complexity index is 1620. The first kappa shape index (κ1) is 40.0. The Hall–Kier alpha value is -5.44. The molecule has 0 aliphatic rings. The van der Waals surface area contributed by atoms with Gasteiger partial charge < -0.3 is 23.7 Å². The molecule has 0 spiro atoms. The highest BCUT2D eigenvalue weighted by Gasteiger charge is 2.11. The third-order valence-corrected chi connectivity index (χ3v) is 7.87.